The van der Waals surface area contributed by atoms with Gasteiger partial charge in [0, 0.05) is 6.42 Å². The molecule has 85 heavy (non-hydrogen) atoms. The number of carbonyl (C=O) groups is 2. The fourth-order valence-electron chi connectivity index (χ4n) is 10.5. The van der Waals surface area contributed by atoms with Crippen molar-refractivity contribution < 1.29 is 49.3 Å². The van der Waals surface area contributed by atoms with Crippen LogP contribution in [-0.4, -0.2) is 99.6 Å². The molecule has 8 atom stereocenters. The summed E-state index contributed by atoms with van der Waals surface area (Å²) in [4.78, 5) is 26.7. The van der Waals surface area contributed by atoms with E-state index in [2.05, 4.69) is 111 Å². The third-order valence-corrected chi connectivity index (χ3v) is 16.0. The Balaban J connectivity index is 2.62. The molecule has 0 aromatic carbocycles. The summed E-state index contributed by atoms with van der Waals surface area (Å²) < 4.78 is 17.7. The highest BCUT2D eigenvalue weighted by Crippen LogP contribution is 2.26. The summed E-state index contributed by atoms with van der Waals surface area (Å²) in [6.45, 7) is 5.66. The molecule has 8 unspecified atom stereocenters. The summed E-state index contributed by atoms with van der Waals surface area (Å²) in [5.74, 6) is -1.21. The molecule has 1 aliphatic heterocycles. The van der Waals surface area contributed by atoms with Gasteiger partial charge in [0.15, 0.2) is 12.4 Å². The maximum Gasteiger partial charge on any atom is 0.306 e. The Hall–Kier alpha value is -3.42. The van der Waals surface area contributed by atoms with Crippen molar-refractivity contribution in [3.63, 3.8) is 0 Å². The van der Waals surface area contributed by atoms with Crippen molar-refractivity contribution in [3.05, 3.63) is 97.2 Å². The molecule has 11 heteroatoms. The summed E-state index contributed by atoms with van der Waals surface area (Å²) in [5.41, 5.74) is 0. The van der Waals surface area contributed by atoms with Gasteiger partial charge in [0.1, 0.15) is 24.4 Å². The molecular formula is C74H129NO10. The Morgan fingerprint density at radius 3 is 1.29 bits per heavy atom. The summed E-state index contributed by atoms with van der Waals surface area (Å²) in [7, 11) is 0. The topological polar surface area (TPSA) is 175 Å². The van der Waals surface area contributed by atoms with Crippen LogP contribution >= 0.6 is 0 Å². The molecule has 0 aromatic heterocycles. The Morgan fingerprint density at radius 1 is 0.471 bits per heavy atom. The van der Waals surface area contributed by atoms with Gasteiger partial charge in [-0.15, -0.1) is 0 Å². The number of nitrogens with one attached hydrogen (secondary N) is 1. The number of hydrogen-bond acceptors (Lipinski definition) is 10. The van der Waals surface area contributed by atoms with Gasteiger partial charge in [-0.2, -0.15) is 0 Å². The first kappa shape index (κ1) is 79.6. The fraction of sp³-hybridized carbons (Fsp3) is 0.757. The SMILES string of the molecule is CC/C=C\C/C=C\C/C=C\C/C=C\C/C=C\CCCCCCC(O)C(=O)NC(COC1OC(CO)C(O)C(O)C1OC(=O)CCCCCCCCCCCCCCC/C=C\C/C=C\CCCCC)C(O)/C=C/CCCCCCCCCCCCC. The van der Waals surface area contributed by atoms with Crippen molar-refractivity contribution in [1.29, 1.82) is 0 Å². The predicted octanol–water partition coefficient (Wildman–Crippen LogP) is 17.8. The zero-order valence-corrected chi connectivity index (χ0v) is 54.5. The van der Waals surface area contributed by atoms with Gasteiger partial charge in [-0.25, -0.2) is 0 Å². The number of allylic oxidation sites excluding steroid dienone is 15. The molecule has 0 aliphatic carbocycles. The number of carbonyl (C=O) groups excluding carboxylic acids is 2. The lowest BCUT2D eigenvalue weighted by Crippen LogP contribution is -2.61. The normalized spacial score (nSPS) is 19.0. The van der Waals surface area contributed by atoms with E-state index in [1.165, 1.54) is 148 Å². The van der Waals surface area contributed by atoms with Gasteiger partial charge in [0.2, 0.25) is 5.91 Å². The number of aliphatic hydroxyl groups is 5. The van der Waals surface area contributed by atoms with Crippen LogP contribution in [0.25, 0.3) is 0 Å². The summed E-state index contributed by atoms with van der Waals surface area (Å²) in [6.07, 6.45) is 71.5. The molecule has 1 aliphatic rings. The van der Waals surface area contributed by atoms with Gasteiger partial charge in [-0.1, -0.05) is 285 Å². The first-order valence-corrected chi connectivity index (χ1v) is 35.0. The zero-order chi connectivity index (χ0) is 61.7. The third-order valence-electron chi connectivity index (χ3n) is 16.0. The quantitative estimate of drug-likeness (QED) is 0.0195. The maximum atomic E-state index is 13.5. The van der Waals surface area contributed by atoms with Gasteiger partial charge < -0.3 is 45.1 Å². The molecule has 1 fully saturated rings. The van der Waals surface area contributed by atoms with E-state index in [-0.39, 0.29) is 19.4 Å². The van der Waals surface area contributed by atoms with Crippen LogP contribution < -0.4 is 5.32 Å². The Kier molecular flexibility index (Phi) is 57.0. The van der Waals surface area contributed by atoms with E-state index in [9.17, 15) is 35.1 Å². The largest absolute Gasteiger partial charge is 0.454 e. The number of aliphatic hydroxyl groups excluding tert-OH is 5. The second-order valence-electron chi connectivity index (χ2n) is 23.9. The predicted molar refractivity (Wildman–Crippen MR) is 356 cm³/mol. The molecule has 1 heterocycles. The van der Waals surface area contributed by atoms with E-state index < -0.39 is 67.4 Å². The first-order valence-electron chi connectivity index (χ1n) is 35.0. The van der Waals surface area contributed by atoms with Crippen LogP contribution in [-0.2, 0) is 23.8 Å². The highest BCUT2D eigenvalue weighted by Gasteiger charge is 2.47. The molecule has 11 nitrogen and oxygen atoms in total. The number of unbranched alkanes of at least 4 members (excludes halogenated alkanes) is 31. The van der Waals surface area contributed by atoms with E-state index in [1.807, 2.05) is 6.08 Å². The number of rotatable bonds is 59. The lowest BCUT2D eigenvalue weighted by molar-refractivity contribution is -0.305. The van der Waals surface area contributed by atoms with Crippen LogP contribution in [0, 0.1) is 0 Å². The summed E-state index contributed by atoms with van der Waals surface area (Å²) in [6, 6.07) is -1.04. The highest BCUT2D eigenvalue weighted by atomic mass is 16.7. The molecule has 490 valence electrons. The lowest BCUT2D eigenvalue weighted by Gasteiger charge is -2.41. The van der Waals surface area contributed by atoms with Crippen molar-refractivity contribution in [3.8, 4) is 0 Å². The molecule has 0 saturated carbocycles. The van der Waals surface area contributed by atoms with Crippen LogP contribution in [0.1, 0.15) is 297 Å². The van der Waals surface area contributed by atoms with Gasteiger partial charge in [0.05, 0.1) is 25.4 Å². The standard InChI is InChI=1S/C74H129NO10/c1-4-7-10-13-16-19-22-25-27-29-31-33-34-35-37-39-41-44-47-50-53-56-59-62-69(79)85-72-71(81)70(80)68(63-76)84-74(72)83-64-65(66(77)60-57-54-51-48-45-42-24-21-18-15-12-9-6-3)75-73(82)67(78)61-58-55-52-49-46-43-40-38-36-32-30-28-26-23-20-17-14-11-8-5-2/h8,11,16-17,19-20,25-28,32,36,40,43,57,60,65-68,70-72,74,76-78,80-81H,4-7,9-10,12-15,18,21-24,29-31,33-35,37-39,41-42,44-56,58-59,61-64H2,1-3H3,(H,75,82)/b11-8-,19-16-,20-17-,27-25-,28-26-,36-32-,43-40-,60-57+. The van der Waals surface area contributed by atoms with E-state index in [0.717, 1.165) is 103 Å². The highest BCUT2D eigenvalue weighted by molar-refractivity contribution is 5.80. The van der Waals surface area contributed by atoms with E-state index >= 15 is 0 Å². The monoisotopic (exact) mass is 1190 g/mol. The van der Waals surface area contributed by atoms with Gasteiger partial charge in [-0.05, 0) is 103 Å². The van der Waals surface area contributed by atoms with Gasteiger partial charge >= 0.3 is 5.97 Å². The van der Waals surface area contributed by atoms with Gasteiger partial charge in [0.25, 0.3) is 0 Å². The van der Waals surface area contributed by atoms with Crippen LogP contribution in [0.4, 0.5) is 0 Å². The minimum Gasteiger partial charge on any atom is -0.454 e. The lowest BCUT2D eigenvalue weighted by atomic mass is 9.99. The van der Waals surface area contributed by atoms with Crippen molar-refractivity contribution >= 4 is 11.9 Å². The number of hydrogen-bond donors (Lipinski definition) is 6. The van der Waals surface area contributed by atoms with E-state index in [0.29, 0.717) is 12.8 Å². The molecule has 1 saturated heterocycles. The van der Waals surface area contributed by atoms with Crippen LogP contribution in [0.2, 0.25) is 0 Å². The molecule has 1 rings (SSSR count). The zero-order valence-electron chi connectivity index (χ0n) is 54.5. The van der Waals surface area contributed by atoms with Crippen LogP contribution in [0.15, 0.2) is 97.2 Å². The number of esters is 1. The van der Waals surface area contributed by atoms with Crippen LogP contribution in [0.3, 0.4) is 0 Å². The summed E-state index contributed by atoms with van der Waals surface area (Å²) in [5, 5.41) is 57.2. The minimum atomic E-state index is -1.62. The Morgan fingerprint density at radius 2 is 0.847 bits per heavy atom. The van der Waals surface area contributed by atoms with Crippen molar-refractivity contribution in [1.82, 2.24) is 5.32 Å². The molecule has 0 radical (unpaired) electrons. The second kappa shape index (κ2) is 60.8. The van der Waals surface area contributed by atoms with Crippen molar-refractivity contribution in [2.75, 3.05) is 13.2 Å². The molecule has 0 bridgehead atoms. The van der Waals surface area contributed by atoms with Crippen molar-refractivity contribution in [2.45, 2.75) is 346 Å². The molecule has 6 N–H and O–H groups in total. The molecule has 0 aromatic rings. The molecular weight excluding hydrogens is 1060 g/mol. The first-order chi connectivity index (χ1) is 41.7. The smallest absolute Gasteiger partial charge is 0.306 e. The van der Waals surface area contributed by atoms with Gasteiger partial charge in [-0.3, -0.25) is 9.59 Å². The molecule has 1 amide bonds. The van der Waals surface area contributed by atoms with Crippen LogP contribution in [0.5, 0.6) is 0 Å². The second-order valence-corrected chi connectivity index (χ2v) is 23.9. The maximum absolute atomic E-state index is 13.5. The average molecular weight is 1190 g/mol. The Labute approximate surface area is 520 Å². The fourth-order valence-corrected chi connectivity index (χ4v) is 10.5. The minimum absolute atomic E-state index is 0.117. The average Bonchev–Trinajstić information content (AvgIpc) is 3.12. The number of amides is 1. The summed E-state index contributed by atoms with van der Waals surface area (Å²) >= 11 is 0. The van der Waals surface area contributed by atoms with Crippen molar-refractivity contribution in [2.24, 2.45) is 0 Å². The third kappa shape index (κ3) is 48.2. The number of ether oxygens (including phenoxy) is 3. The van der Waals surface area contributed by atoms with E-state index in [4.69, 9.17) is 14.2 Å². The molecule has 0 spiro atoms. The Bertz CT molecular complexity index is 1750. The van der Waals surface area contributed by atoms with E-state index in [1.54, 1.807) is 6.08 Å².